The monoisotopic (exact) mass is 680 g/mol. The number of rotatable bonds is 8. The second kappa shape index (κ2) is 12.4. The third-order valence-corrected chi connectivity index (χ3v) is 7.95. The summed E-state index contributed by atoms with van der Waals surface area (Å²) in [6, 6.07) is 15.1. The molecular weight excluding hydrogens is 660 g/mol. The van der Waals surface area contributed by atoms with E-state index in [1.54, 1.807) is 0 Å². The van der Waals surface area contributed by atoms with Gasteiger partial charge in [0, 0.05) is 12.1 Å². The lowest BCUT2D eigenvalue weighted by molar-refractivity contribution is 0.450. The number of hydrogen-bond acceptors (Lipinski definition) is 15. The maximum Gasteiger partial charge on any atom is 0.296 e. The Morgan fingerprint density at radius 2 is 0.979 bits per heavy atom. The van der Waals surface area contributed by atoms with Crippen molar-refractivity contribution in [1.82, 2.24) is 0 Å². The zero-order chi connectivity index (χ0) is 34.1. The van der Waals surface area contributed by atoms with E-state index in [2.05, 4.69) is 30.7 Å². The van der Waals surface area contributed by atoms with E-state index in [0.717, 1.165) is 30.3 Å². The van der Waals surface area contributed by atoms with E-state index in [0.29, 0.717) is 5.69 Å². The van der Waals surface area contributed by atoms with Gasteiger partial charge in [-0.25, -0.2) is 0 Å². The summed E-state index contributed by atoms with van der Waals surface area (Å²) in [5.74, 6) is -2.20. The minimum atomic E-state index is -5.12. The number of phenolic OH excluding ortho intramolecular Hbond substituents is 5. The molecule has 0 bridgehead atoms. The third kappa shape index (κ3) is 7.28. The molecule has 0 aliphatic heterocycles. The lowest BCUT2D eigenvalue weighted by atomic mass is 10.1. The zero-order valence-corrected chi connectivity index (χ0v) is 24.9. The van der Waals surface area contributed by atoms with Gasteiger partial charge in [0.15, 0.2) is 5.75 Å². The van der Waals surface area contributed by atoms with E-state index in [1.807, 2.05) is 0 Å². The van der Waals surface area contributed by atoms with Crippen LogP contribution >= 0.6 is 0 Å². The molecule has 0 saturated carbocycles. The number of phenols is 5. The van der Waals surface area contributed by atoms with Crippen LogP contribution in [-0.2, 0) is 20.2 Å². The predicted octanol–water partition coefficient (Wildman–Crippen LogP) is 7.11. The first-order chi connectivity index (χ1) is 22.1. The van der Waals surface area contributed by atoms with Crippen molar-refractivity contribution < 1.29 is 51.5 Å². The molecule has 5 aromatic carbocycles. The van der Waals surface area contributed by atoms with Crippen LogP contribution in [-0.4, -0.2) is 51.5 Å². The van der Waals surface area contributed by atoms with E-state index >= 15 is 0 Å². The molecule has 0 unspecified atom stereocenters. The van der Waals surface area contributed by atoms with Gasteiger partial charge in [-0.15, -0.1) is 20.5 Å². The van der Waals surface area contributed by atoms with Crippen LogP contribution in [0.5, 0.6) is 28.7 Å². The number of aromatic hydroxyl groups is 5. The second-order valence-corrected chi connectivity index (χ2v) is 12.3. The first-order valence-corrected chi connectivity index (χ1v) is 15.7. The molecule has 0 saturated heterocycles. The molecule has 0 aromatic heterocycles. The van der Waals surface area contributed by atoms with E-state index in [-0.39, 0.29) is 45.1 Å². The predicted molar refractivity (Wildman–Crippen MR) is 164 cm³/mol. The van der Waals surface area contributed by atoms with Gasteiger partial charge in [0.1, 0.15) is 45.0 Å². The van der Waals surface area contributed by atoms with Crippen molar-refractivity contribution in [2.24, 2.45) is 30.7 Å². The standard InChI is InChI=1S/C28H20N6O11S2/c35-17-5-7-20(23(37)11-17)31-29-15-1-3-16(4-2-15)30-34-27-25(47(43,44)45)10-14-9-19(46(40,41)42)13-22(26(14)28(27)39)33-32-21-8-6-18(36)12-24(21)38/h1-13,35-39H,(H,40,41,42)(H,43,44,45). The maximum atomic E-state index is 12.3. The first kappa shape index (κ1) is 32.4. The summed E-state index contributed by atoms with van der Waals surface area (Å²) in [4.78, 5) is -1.75. The summed E-state index contributed by atoms with van der Waals surface area (Å²) in [6.45, 7) is 0. The second-order valence-electron chi connectivity index (χ2n) is 9.52. The average molecular weight is 681 g/mol. The van der Waals surface area contributed by atoms with Gasteiger partial charge in [-0.1, -0.05) is 0 Å². The maximum absolute atomic E-state index is 12.3. The first-order valence-electron chi connectivity index (χ1n) is 12.8. The van der Waals surface area contributed by atoms with Crippen LogP contribution in [0, 0.1) is 0 Å². The van der Waals surface area contributed by atoms with Crippen LogP contribution in [0.15, 0.2) is 119 Å². The lowest BCUT2D eigenvalue weighted by Crippen LogP contribution is -2.01. The average Bonchev–Trinajstić information content (AvgIpc) is 2.99. The summed E-state index contributed by atoms with van der Waals surface area (Å²) >= 11 is 0. The topological polar surface area (TPSA) is 284 Å². The molecular formula is C28H20N6O11S2. The van der Waals surface area contributed by atoms with E-state index in [9.17, 15) is 51.5 Å². The highest BCUT2D eigenvalue weighted by molar-refractivity contribution is 7.86. The van der Waals surface area contributed by atoms with Crippen molar-refractivity contribution in [1.29, 1.82) is 0 Å². The Morgan fingerprint density at radius 3 is 1.47 bits per heavy atom. The number of hydrogen-bond donors (Lipinski definition) is 7. The summed E-state index contributed by atoms with van der Waals surface area (Å²) in [5, 5.41) is 72.5. The minimum Gasteiger partial charge on any atom is -0.508 e. The summed E-state index contributed by atoms with van der Waals surface area (Å²) in [7, 11) is -10.0. The normalized spacial score (nSPS) is 12.6. The number of nitrogens with zero attached hydrogens (tertiary/aromatic N) is 6. The Bertz CT molecular complexity index is 2360. The van der Waals surface area contributed by atoms with Gasteiger partial charge in [-0.3, -0.25) is 9.11 Å². The fourth-order valence-electron chi connectivity index (χ4n) is 4.07. The van der Waals surface area contributed by atoms with Crippen molar-refractivity contribution in [2.45, 2.75) is 9.79 Å². The summed E-state index contributed by atoms with van der Waals surface area (Å²) < 4.78 is 68.2. The SMILES string of the molecule is O=S(=O)(O)c1cc(N=Nc2ccc(O)cc2O)c2c(O)c(N=Nc3ccc(N=Nc4ccc(O)cc4O)cc3)c(S(=O)(=O)O)cc2c1. The molecule has 240 valence electrons. The Balaban J connectivity index is 1.59. The van der Waals surface area contributed by atoms with Gasteiger partial charge >= 0.3 is 0 Å². The molecule has 5 aromatic rings. The fourth-order valence-corrected chi connectivity index (χ4v) is 5.26. The van der Waals surface area contributed by atoms with Crippen LogP contribution in [0.4, 0.5) is 34.1 Å². The van der Waals surface area contributed by atoms with Crippen LogP contribution in [0.1, 0.15) is 0 Å². The summed E-state index contributed by atoms with van der Waals surface area (Å²) in [6.07, 6.45) is 0. The molecule has 47 heavy (non-hydrogen) atoms. The Labute approximate surface area is 264 Å². The van der Waals surface area contributed by atoms with Gasteiger partial charge in [-0.05, 0) is 72.1 Å². The highest BCUT2D eigenvalue weighted by Crippen LogP contribution is 2.46. The molecule has 0 fully saturated rings. The van der Waals surface area contributed by atoms with Gasteiger partial charge in [0.2, 0.25) is 0 Å². The van der Waals surface area contributed by atoms with Crippen molar-refractivity contribution in [2.75, 3.05) is 0 Å². The van der Waals surface area contributed by atoms with Gasteiger partial charge in [-0.2, -0.15) is 27.1 Å². The molecule has 0 atom stereocenters. The molecule has 7 N–H and O–H groups in total. The molecule has 17 nitrogen and oxygen atoms in total. The number of fused-ring (bicyclic) bond motifs is 1. The Morgan fingerprint density at radius 1 is 0.489 bits per heavy atom. The molecule has 19 heteroatoms. The van der Waals surface area contributed by atoms with Crippen molar-refractivity contribution in [3.8, 4) is 28.7 Å². The largest absolute Gasteiger partial charge is 0.508 e. The van der Waals surface area contributed by atoms with E-state index in [4.69, 9.17) is 0 Å². The van der Waals surface area contributed by atoms with E-state index < -0.39 is 52.9 Å². The molecule has 5 rings (SSSR count). The Kier molecular flexibility index (Phi) is 8.54. The van der Waals surface area contributed by atoms with Crippen LogP contribution in [0.25, 0.3) is 10.8 Å². The number of benzene rings is 5. The van der Waals surface area contributed by atoms with Crippen LogP contribution in [0.2, 0.25) is 0 Å². The van der Waals surface area contributed by atoms with Crippen molar-refractivity contribution in [3.63, 3.8) is 0 Å². The minimum absolute atomic E-state index is 0.0820. The lowest BCUT2D eigenvalue weighted by Gasteiger charge is -2.11. The van der Waals surface area contributed by atoms with Crippen molar-refractivity contribution >= 4 is 65.1 Å². The van der Waals surface area contributed by atoms with Crippen molar-refractivity contribution in [3.05, 3.63) is 78.9 Å². The molecule has 0 aliphatic carbocycles. The molecule has 0 radical (unpaired) electrons. The Hall–Kier alpha value is -6.02. The van der Waals surface area contributed by atoms with E-state index in [1.165, 1.54) is 48.5 Å². The highest BCUT2D eigenvalue weighted by atomic mass is 32.2. The third-order valence-electron chi connectivity index (χ3n) is 6.25. The molecule has 0 aliphatic rings. The van der Waals surface area contributed by atoms with Gasteiger partial charge in [0.25, 0.3) is 20.2 Å². The fraction of sp³-hybridized carbons (Fsp3) is 0. The number of azo groups is 3. The summed E-state index contributed by atoms with van der Waals surface area (Å²) in [5.41, 5.74) is -0.902. The highest BCUT2D eigenvalue weighted by Gasteiger charge is 2.25. The van der Waals surface area contributed by atoms with Gasteiger partial charge < -0.3 is 25.5 Å². The van der Waals surface area contributed by atoms with Crippen LogP contribution in [0.3, 0.4) is 0 Å². The smallest absolute Gasteiger partial charge is 0.296 e. The molecule has 0 heterocycles. The van der Waals surface area contributed by atoms with Gasteiger partial charge in [0.05, 0.1) is 27.3 Å². The quantitative estimate of drug-likeness (QED) is 0.0640. The zero-order valence-electron chi connectivity index (χ0n) is 23.3. The van der Waals surface area contributed by atoms with Crippen LogP contribution < -0.4 is 0 Å². The molecule has 0 spiro atoms. The molecule has 0 amide bonds.